The van der Waals surface area contributed by atoms with Gasteiger partial charge in [0.15, 0.2) is 5.82 Å². The largest absolute Gasteiger partial charge is 0.444 e. The van der Waals surface area contributed by atoms with Crippen molar-refractivity contribution in [3.05, 3.63) is 18.1 Å². The second-order valence-corrected chi connectivity index (χ2v) is 4.72. The van der Waals surface area contributed by atoms with Gasteiger partial charge in [0.05, 0.1) is 0 Å². The van der Waals surface area contributed by atoms with Crippen LogP contribution in [-0.4, -0.2) is 35.9 Å². The molecule has 7 nitrogen and oxygen atoms in total. The summed E-state index contributed by atoms with van der Waals surface area (Å²) >= 11 is 0. The first-order chi connectivity index (χ1) is 8.87. The molecule has 19 heavy (non-hydrogen) atoms. The van der Waals surface area contributed by atoms with E-state index in [0.717, 1.165) is 0 Å². The van der Waals surface area contributed by atoms with Gasteiger partial charge in [0.25, 0.3) is 0 Å². The van der Waals surface area contributed by atoms with Crippen LogP contribution in [0.3, 0.4) is 0 Å². The van der Waals surface area contributed by atoms with Crippen LogP contribution in [0, 0.1) is 0 Å². The Morgan fingerprint density at radius 1 is 1.21 bits per heavy atom. The van der Waals surface area contributed by atoms with Crippen molar-refractivity contribution in [1.82, 2.24) is 9.97 Å². The summed E-state index contributed by atoms with van der Waals surface area (Å²) in [5, 5.41) is 2.52. The maximum absolute atomic E-state index is 11.7. The summed E-state index contributed by atoms with van der Waals surface area (Å²) in [6.07, 6.45) is 1.62. The normalized spacial score (nSPS) is 11.5. The topological polar surface area (TPSA) is 82.6 Å². The standard InChI is InChI=1S/C12H19N3O4/c1-12(2,3)19-11(16)15-9-8(10(17-4)18-5)13-6-7-14-9/h6-7,10H,1-5H3,(H,14,15,16). The van der Waals surface area contributed by atoms with Crippen molar-refractivity contribution in [3.63, 3.8) is 0 Å². The second kappa shape index (κ2) is 6.44. The monoisotopic (exact) mass is 269 g/mol. The number of hydrogen-bond donors (Lipinski definition) is 1. The van der Waals surface area contributed by atoms with Crippen LogP contribution in [-0.2, 0) is 14.2 Å². The number of nitrogens with zero attached hydrogens (tertiary/aromatic N) is 2. The third-order valence-corrected chi connectivity index (χ3v) is 2.00. The average molecular weight is 269 g/mol. The van der Waals surface area contributed by atoms with Crippen molar-refractivity contribution in [2.45, 2.75) is 32.7 Å². The van der Waals surface area contributed by atoms with Gasteiger partial charge >= 0.3 is 6.09 Å². The summed E-state index contributed by atoms with van der Waals surface area (Å²) in [7, 11) is 2.94. The van der Waals surface area contributed by atoms with Crippen molar-refractivity contribution in [2.24, 2.45) is 0 Å². The predicted octanol–water partition coefficient (Wildman–Crippen LogP) is 2.12. The summed E-state index contributed by atoms with van der Waals surface area (Å²) in [6.45, 7) is 5.33. The van der Waals surface area contributed by atoms with Crippen molar-refractivity contribution >= 4 is 11.9 Å². The Labute approximate surface area is 112 Å². The zero-order chi connectivity index (χ0) is 14.5. The molecule has 0 saturated carbocycles. The highest BCUT2D eigenvalue weighted by molar-refractivity contribution is 5.84. The van der Waals surface area contributed by atoms with Crippen LogP contribution in [0.5, 0.6) is 0 Å². The Kier molecular flexibility index (Phi) is 5.20. The van der Waals surface area contributed by atoms with E-state index >= 15 is 0 Å². The molecule has 0 unspecified atom stereocenters. The van der Waals surface area contributed by atoms with Crippen LogP contribution in [0.2, 0.25) is 0 Å². The smallest absolute Gasteiger partial charge is 0.413 e. The molecule has 0 atom stereocenters. The van der Waals surface area contributed by atoms with Crippen molar-refractivity contribution in [1.29, 1.82) is 0 Å². The number of methoxy groups -OCH3 is 2. The molecule has 0 saturated heterocycles. The number of ether oxygens (including phenoxy) is 3. The fourth-order valence-corrected chi connectivity index (χ4v) is 1.34. The number of anilines is 1. The molecule has 7 heteroatoms. The van der Waals surface area contributed by atoms with Gasteiger partial charge in [-0.05, 0) is 20.8 Å². The first-order valence-corrected chi connectivity index (χ1v) is 5.74. The molecule has 0 radical (unpaired) electrons. The van der Waals surface area contributed by atoms with E-state index in [-0.39, 0.29) is 5.82 Å². The Morgan fingerprint density at radius 2 is 1.79 bits per heavy atom. The molecule has 1 rings (SSSR count). The summed E-state index contributed by atoms with van der Waals surface area (Å²) in [6, 6.07) is 0. The number of carbonyl (C=O) groups excluding carboxylic acids is 1. The predicted molar refractivity (Wildman–Crippen MR) is 68.6 cm³/mol. The second-order valence-electron chi connectivity index (χ2n) is 4.72. The Morgan fingerprint density at radius 3 is 2.32 bits per heavy atom. The summed E-state index contributed by atoms with van der Waals surface area (Å²) in [5.41, 5.74) is -0.215. The van der Waals surface area contributed by atoms with Crippen molar-refractivity contribution in [3.8, 4) is 0 Å². The fourth-order valence-electron chi connectivity index (χ4n) is 1.34. The molecule has 0 aliphatic carbocycles. The van der Waals surface area contributed by atoms with Crippen LogP contribution in [0.15, 0.2) is 12.4 Å². The van der Waals surface area contributed by atoms with Crippen LogP contribution in [0.25, 0.3) is 0 Å². The third kappa shape index (κ3) is 4.80. The maximum atomic E-state index is 11.7. The molecule has 0 aliphatic heterocycles. The van der Waals surface area contributed by atoms with Gasteiger partial charge < -0.3 is 14.2 Å². The quantitative estimate of drug-likeness (QED) is 0.843. The van der Waals surface area contributed by atoms with Gasteiger partial charge in [-0.3, -0.25) is 10.3 Å². The molecule has 1 N–H and O–H groups in total. The van der Waals surface area contributed by atoms with Gasteiger partial charge in [-0.25, -0.2) is 9.78 Å². The molecular weight excluding hydrogens is 250 g/mol. The first-order valence-electron chi connectivity index (χ1n) is 5.74. The molecule has 1 amide bonds. The van der Waals surface area contributed by atoms with E-state index in [1.165, 1.54) is 26.6 Å². The van der Waals surface area contributed by atoms with E-state index in [1.54, 1.807) is 20.8 Å². The van der Waals surface area contributed by atoms with Crippen LogP contribution in [0.4, 0.5) is 10.6 Å². The first kappa shape index (κ1) is 15.3. The van der Waals surface area contributed by atoms with Crippen LogP contribution in [0.1, 0.15) is 32.8 Å². The van der Waals surface area contributed by atoms with E-state index in [0.29, 0.717) is 5.69 Å². The number of rotatable bonds is 4. The Bertz CT molecular complexity index is 427. The van der Waals surface area contributed by atoms with Gasteiger partial charge in [0.1, 0.15) is 11.3 Å². The Hall–Kier alpha value is -1.73. The van der Waals surface area contributed by atoms with E-state index in [4.69, 9.17) is 14.2 Å². The van der Waals surface area contributed by atoms with Gasteiger partial charge in [0.2, 0.25) is 6.29 Å². The van der Waals surface area contributed by atoms with E-state index in [9.17, 15) is 4.79 Å². The molecule has 1 aromatic rings. The van der Waals surface area contributed by atoms with E-state index in [2.05, 4.69) is 15.3 Å². The lowest BCUT2D eigenvalue weighted by atomic mass is 10.2. The molecule has 0 aromatic carbocycles. The number of nitrogens with one attached hydrogen (secondary N) is 1. The Balaban J connectivity index is 2.86. The molecule has 1 aromatic heterocycles. The van der Waals surface area contributed by atoms with E-state index in [1.807, 2.05) is 0 Å². The molecule has 106 valence electrons. The number of hydrogen-bond acceptors (Lipinski definition) is 6. The highest BCUT2D eigenvalue weighted by atomic mass is 16.7. The molecule has 0 bridgehead atoms. The third-order valence-electron chi connectivity index (χ3n) is 2.00. The highest BCUT2D eigenvalue weighted by Crippen LogP contribution is 2.21. The minimum atomic E-state index is -0.710. The molecule has 0 spiro atoms. The van der Waals surface area contributed by atoms with Crippen LogP contribution < -0.4 is 5.32 Å². The van der Waals surface area contributed by atoms with Gasteiger partial charge in [-0.2, -0.15) is 0 Å². The molecule has 0 aliphatic rings. The summed E-state index contributed by atoms with van der Waals surface area (Å²) < 4.78 is 15.3. The highest BCUT2D eigenvalue weighted by Gasteiger charge is 2.21. The number of aromatic nitrogens is 2. The summed E-state index contributed by atoms with van der Waals surface area (Å²) in [4.78, 5) is 19.8. The lowest BCUT2D eigenvalue weighted by Crippen LogP contribution is -2.28. The van der Waals surface area contributed by atoms with Crippen LogP contribution >= 0.6 is 0 Å². The van der Waals surface area contributed by atoms with Crippen molar-refractivity contribution in [2.75, 3.05) is 19.5 Å². The minimum absolute atomic E-state index is 0.241. The molecule has 0 fully saturated rings. The number of amides is 1. The lowest BCUT2D eigenvalue weighted by molar-refractivity contribution is -0.108. The fraction of sp³-hybridized carbons (Fsp3) is 0.583. The summed E-state index contributed by atoms with van der Waals surface area (Å²) in [5.74, 6) is 0.241. The maximum Gasteiger partial charge on any atom is 0.413 e. The zero-order valence-corrected chi connectivity index (χ0v) is 11.8. The molecule has 1 heterocycles. The van der Waals surface area contributed by atoms with E-state index < -0.39 is 18.0 Å². The lowest BCUT2D eigenvalue weighted by Gasteiger charge is -2.20. The number of carbonyl (C=O) groups is 1. The van der Waals surface area contributed by atoms with Gasteiger partial charge in [-0.15, -0.1) is 0 Å². The zero-order valence-electron chi connectivity index (χ0n) is 11.8. The minimum Gasteiger partial charge on any atom is -0.444 e. The van der Waals surface area contributed by atoms with Gasteiger partial charge in [-0.1, -0.05) is 0 Å². The van der Waals surface area contributed by atoms with Gasteiger partial charge in [0, 0.05) is 26.6 Å². The average Bonchev–Trinajstić information content (AvgIpc) is 2.30. The molecular formula is C12H19N3O4. The SMILES string of the molecule is COC(OC)c1nccnc1NC(=O)OC(C)(C)C. The van der Waals surface area contributed by atoms with Crippen molar-refractivity contribution < 1.29 is 19.0 Å².